The van der Waals surface area contributed by atoms with Crippen LogP contribution < -0.4 is 15.0 Å². The van der Waals surface area contributed by atoms with Gasteiger partial charge in [-0.1, -0.05) is 0 Å². The molecule has 1 aromatic heterocycles. The summed E-state index contributed by atoms with van der Waals surface area (Å²) < 4.78 is 5.45. The first kappa shape index (κ1) is 15.8. The first-order chi connectivity index (χ1) is 10.1. The maximum atomic E-state index is 5.45. The van der Waals surface area contributed by atoms with Gasteiger partial charge in [0.1, 0.15) is 0 Å². The van der Waals surface area contributed by atoms with Crippen LogP contribution in [0.4, 0.5) is 11.9 Å². The fraction of sp³-hybridized carbons (Fsp3) is 0.786. The number of hydrogen-bond donors (Lipinski definition) is 1. The highest BCUT2D eigenvalue weighted by Crippen LogP contribution is 2.21. The Morgan fingerprint density at radius 3 is 2.57 bits per heavy atom. The Labute approximate surface area is 126 Å². The third kappa shape index (κ3) is 4.17. The topological polar surface area (TPSA) is 66.4 Å². The first-order valence-electron chi connectivity index (χ1n) is 7.68. The summed E-state index contributed by atoms with van der Waals surface area (Å²) in [7, 11) is 4.21. The number of rotatable bonds is 6. The molecule has 0 spiro atoms. The highest BCUT2D eigenvalue weighted by atomic mass is 16.5. The SMILES string of the molecule is CCNc1nc(OCC)nc(N(C)C2CCN(C)CC2)n1. The van der Waals surface area contributed by atoms with Crippen molar-refractivity contribution >= 4 is 11.9 Å². The van der Waals surface area contributed by atoms with Gasteiger partial charge in [0.05, 0.1) is 6.61 Å². The first-order valence-corrected chi connectivity index (χ1v) is 7.68. The lowest BCUT2D eigenvalue weighted by Crippen LogP contribution is -2.42. The number of hydrogen-bond acceptors (Lipinski definition) is 7. The molecule has 1 aromatic rings. The van der Waals surface area contributed by atoms with Crippen molar-refractivity contribution in [2.45, 2.75) is 32.7 Å². The van der Waals surface area contributed by atoms with Gasteiger partial charge in [0.2, 0.25) is 11.9 Å². The maximum Gasteiger partial charge on any atom is 0.323 e. The predicted octanol–water partition coefficient (Wildman–Crippen LogP) is 1.23. The van der Waals surface area contributed by atoms with E-state index in [1.165, 1.54) is 0 Å². The molecule has 0 aromatic carbocycles. The summed E-state index contributed by atoms with van der Waals surface area (Å²) in [6.45, 7) is 7.48. The molecule has 2 rings (SSSR count). The van der Waals surface area contributed by atoms with Gasteiger partial charge in [-0.05, 0) is 46.8 Å². The zero-order valence-electron chi connectivity index (χ0n) is 13.5. The number of likely N-dealkylation sites (tertiary alicyclic amines) is 1. The molecule has 0 saturated carbocycles. The van der Waals surface area contributed by atoms with Crippen LogP contribution in [0.5, 0.6) is 6.01 Å². The highest BCUT2D eigenvalue weighted by Gasteiger charge is 2.23. The second-order valence-electron chi connectivity index (χ2n) is 5.35. The molecule has 2 heterocycles. The van der Waals surface area contributed by atoms with Gasteiger partial charge < -0.3 is 19.9 Å². The number of piperidine rings is 1. The van der Waals surface area contributed by atoms with Gasteiger partial charge in [0.15, 0.2) is 0 Å². The molecule has 0 radical (unpaired) electrons. The lowest BCUT2D eigenvalue weighted by Gasteiger charge is -2.35. The van der Waals surface area contributed by atoms with E-state index in [0.717, 1.165) is 32.5 Å². The molecule has 1 aliphatic rings. The minimum atomic E-state index is 0.387. The van der Waals surface area contributed by atoms with Crippen LogP contribution in [0.3, 0.4) is 0 Å². The van der Waals surface area contributed by atoms with Crippen LogP contribution in [0, 0.1) is 0 Å². The maximum absolute atomic E-state index is 5.45. The Morgan fingerprint density at radius 2 is 1.95 bits per heavy atom. The molecule has 7 nitrogen and oxygen atoms in total. The molecule has 1 aliphatic heterocycles. The van der Waals surface area contributed by atoms with E-state index in [1.807, 2.05) is 13.8 Å². The molecular formula is C14H26N6O. The third-order valence-corrected chi connectivity index (χ3v) is 3.76. The van der Waals surface area contributed by atoms with E-state index in [2.05, 4.69) is 44.2 Å². The standard InChI is InChI=1S/C14H26N6O/c1-5-15-12-16-13(18-14(17-12)21-6-2)20(4)11-7-9-19(3)10-8-11/h11H,5-10H2,1-4H3,(H,15,16,17,18). The highest BCUT2D eigenvalue weighted by molar-refractivity contribution is 5.38. The van der Waals surface area contributed by atoms with Crippen LogP contribution in [0.25, 0.3) is 0 Å². The average Bonchev–Trinajstić information content (AvgIpc) is 2.48. The van der Waals surface area contributed by atoms with E-state index in [0.29, 0.717) is 30.6 Å². The van der Waals surface area contributed by atoms with Crippen molar-refractivity contribution in [2.24, 2.45) is 0 Å². The number of nitrogens with zero attached hydrogens (tertiary/aromatic N) is 5. The van der Waals surface area contributed by atoms with E-state index in [1.54, 1.807) is 0 Å². The normalized spacial score (nSPS) is 16.8. The Morgan fingerprint density at radius 1 is 1.24 bits per heavy atom. The van der Waals surface area contributed by atoms with Crippen molar-refractivity contribution in [1.82, 2.24) is 19.9 Å². The van der Waals surface area contributed by atoms with Crippen molar-refractivity contribution in [3.63, 3.8) is 0 Å². The van der Waals surface area contributed by atoms with Crippen LogP contribution in [0.2, 0.25) is 0 Å². The molecule has 0 unspecified atom stereocenters. The van der Waals surface area contributed by atoms with Gasteiger partial charge >= 0.3 is 6.01 Å². The van der Waals surface area contributed by atoms with E-state index in [-0.39, 0.29) is 0 Å². The number of aromatic nitrogens is 3. The minimum absolute atomic E-state index is 0.387. The van der Waals surface area contributed by atoms with Crippen LogP contribution in [-0.2, 0) is 0 Å². The van der Waals surface area contributed by atoms with Gasteiger partial charge in [-0.15, -0.1) is 0 Å². The van der Waals surface area contributed by atoms with Gasteiger partial charge in [-0.2, -0.15) is 15.0 Å². The van der Waals surface area contributed by atoms with Crippen molar-refractivity contribution in [3.05, 3.63) is 0 Å². The summed E-state index contributed by atoms with van der Waals surface area (Å²) >= 11 is 0. The Balaban J connectivity index is 2.16. The van der Waals surface area contributed by atoms with Crippen LogP contribution in [-0.4, -0.2) is 66.2 Å². The van der Waals surface area contributed by atoms with Crippen molar-refractivity contribution in [2.75, 3.05) is 50.6 Å². The van der Waals surface area contributed by atoms with Crippen molar-refractivity contribution < 1.29 is 4.74 Å². The molecule has 118 valence electrons. The summed E-state index contributed by atoms with van der Waals surface area (Å²) in [6.07, 6.45) is 2.25. The van der Waals surface area contributed by atoms with Gasteiger partial charge in [0.25, 0.3) is 0 Å². The largest absolute Gasteiger partial charge is 0.464 e. The fourth-order valence-corrected chi connectivity index (χ4v) is 2.48. The number of anilines is 2. The zero-order valence-corrected chi connectivity index (χ0v) is 13.5. The summed E-state index contributed by atoms with van der Waals surface area (Å²) in [5.74, 6) is 1.25. The molecule has 7 heteroatoms. The Bertz CT molecular complexity index is 423. The van der Waals surface area contributed by atoms with Gasteiger partial charge in [0, 0.05) is 19.6 Å². The lowest BCUT2D eigenvalue weighted by molar-refractivity contribution is 0.251. The second-order valence-corrected chi connectivity index (χ2v) is 5.35. The zero-order chi connectivity index (χ0) is 15.2. The quantitative estimate of drug-likeness (QED) is 0.846. The van der Waals surface area contributed by atoms with E-state index < -0.39 is 0 Å². The van der Waals surface area contributed by atoms with Gasteiger partial charge in [-0.25, -0.2) is 0 Å². The Kier molecular flexibility index (Phi) is 5.55. The number of nitrogens with one attached hydrogen (secondary N) is 1. The molecule has 1 saturated heterocycles. The molecule has 1 N–H and O–H groups in total. The molecule has 0 aliphatic carbocycles. The predicted molar refractivity (Wildman–Crippen MR) is 84.1 cm³/mol. The van der Waals surface area contributed by atoms with Crippen LogP contribution in [0.15, 0.2) is 0 Å². The van der Waals surface area contributed by atoms with E-state index in [4.69, 9.17) is 4.74 Å². The average molecular weight is 294 g/mol. The van der Waals surface area contributed by atoms with E-state index in [9.17, 15) is 0 Å². The molecule has 0 bridgehead atoms. The lowest BCUT2D eigenvalue weighted by atomic mass is 10.0. The summed E-state index contributed by atoms with van der Waals surface area (Å²) in [6, 6.07) is 0.853. The Hall–Kier alpha value is -1.63. The minimum Gasteiger partial charge on any atom is -0.464 e. The molecule has 21 heavy (non-hydrogen) atoms. The fourth-order valence-electron chi connectivity index (χ4n) is 2.48. The summed E-state index contributed by atoms with van der Waals surface area (Å²) in [5, 5.41) is 3.13. The van der Waals surface area contributed by atoms with E-state index >= 15 is 0 Å². The van der Waals surface area contributed by atoms with Crippen LogP contribution in [0.1, 0.15) is 26.7 Å². The second kappa shape index (κ2) is 7.40. The van der Waals surface area contributed by atoms with Gasteiger partial charge in [-0.3, -0.25) is 0 Å². The van der Waals surface area contributed by atoms with Crippen molar-refractivity contribution in [3.8, 4) is 6.01 Å². The molecular weight excluding hydrogens is 268 g/mol. The van der Waals surface area contributed by atoms with Crippen molar-refractivity contribution in [1.29, 1.82) is 0 Å². The molecule has 1 fully saturated rings. The summed E-state index contributed by atoms with van der Waals surface area (Å²) in [4.78, 5) is 17.7. The monoisotopic (exact) mass is 294 g/mol. The molecule has 0 amide bonds. The molecule has 0 atom stereocenters. The summed E-state index contributed by atoms with van der Waals surface area (Å²) in [5.41, 5.74) is 0. The van der Waals surface area contributed by atoms with Crippen LogP contribution >= 0.6 is 0 Å². The third-order valence-electron chi connectivity index (χ3n) is 3.76. The number of ether oxygens (including phenoxy) is 1. The smallest absolute Gasteiger partial charge is 0.323 e.